The number of rotatable bonds is 3. The highest BCUT2D eigenvalue weighted by atomic mass is 16.7. The second-order valence-corrected chi connectivity index (χ2v) is 3.72. The summed E-state index contributed by atoms with van der Waals surface area (Å²) >= 11 is 0. The van der Waals surface area contributed by atoms with Gasteiger partial charge in [0.1, 0.15) is 6.79 Å². The van der Waals surface area contributed by atoms with Crippen LogP contribution in [0.15, 0.2) is 24.3 Å². The number of para-hydroxylation sites is 1. The van der Waals surface area contributed by atoms with E-state index in [1.165, 1.54) is 11.3 Å². The Hall–Kier alpha value is -1.06. The van der Waals surface area contributed by atoms with Gasteiger partial charge in [-0.1, -0.05) is 18.2 Å². The van der Waals surface area contributed by atoms with Crippen molar-refractivity contribution in [2.24, 2.45) is 0 Å². The average Bonchev–Trinajstić information content (AvgIpc) is 2.49. The number of anilines is 1. The third kappa shape index (κ3) is 2.49. The zero-order chi connectivity index (χ0) is 10.5. The molecule has 1 aromatic rings. The molecule has 1 heterocycles. The number of hydrogen-bond acceptors (Lipinski definition) is 3. The third-order valence-electron chi connectivity index (χ3n) is 2.65. The van der Waals surface area contributed by atoms with Gasteiger partial charge in [0.2, 0.25) is 0 Å². The molecule has 0 aliphatic carbocycles. The van der Waals surface area contributed by atoms with E-state index in [0.29, 0.717) is 6.79 Å². The zero-order valence-electron chi connectivity index (χ0n) is 9.03. The highest BCUT2D eigenvalue weighted by Gasteiger charge is 2.18. The predicted molar refractivity (Wildman–Crippen MR) is 59.9 cm³/mol. The maximum Gasteiger partial charge on any atom is 0.147 e. The molecule has 0 spiro atoms. The molecule has 0 bridgehead atoms. The van der Waals surface area contributed by atoms with Gasteiger partial charge in [-0.3, -0.25) is 0 Å². The lowest BCUT2D eigenvalue weighted by Gasteiger charge is -2.17. The summed E-state index contributed by atoms with van der Waals surface area (Å²) in [6.07, 6.45) is 2.34. The van der Waals surface area contributed by atoms with Crippen LogP contribution in [0.4, 0.5) is 5.69 Å². The lowest BCUT2D eigenvalue weighted by atomic mass is 10.0. The Labute approximate surface area is 90.4 Å². The van der Waals surface area contributed by atoms with Gasteiger partial charge in [-0.25, -0.2) is 0 Å². The fourth-order valence-corrected chi connectivity index (χ4v) is 1.93. The molecule has 0 amide bonds. The first-order valence-corrected chi connectivity index (χ1v) is 5.35. The van der Waals surface area contributed by atoms with Crippen LogP contribution < -0.4 is 5.32 Å². The van der Waals surface area contributed by atoms with Crippen molar-refractivity contribution >= 4 is 5.69 Å². The Morgan fingerprint density at radius 1 is 1.40 bits per heavy atom. The van der Waals surface area contributed by atoms with Crippen molar-refractivity contribution in [3.63, 3.8) is 0 Å². The monoisotopic (exact) mass is 207 g/mol. The van der Waals surface area contributed by atoms with Gasteiger partial charge >= 0.3 is 0 Å². The number of methoxy groups -OCH3 is 1. The van der Waals surface area contributed by atoms with Crippen molar-refractivity contribution in [2.75, 3.05) is 25.8 Å². The van der Waals surface area contributed by atoms with Gasteiger partial charge in [0.15, 0.2) is 0 Å². The molecular formula is C12H17NO2. The van der Waals surface area contributed by atoms with Crippen molar-refractivity contribution in [1.29, 1.82) is 0 Å². The Kier molecular flexibility index (Phi) is 3.59. The Morgan fingerprint density at radius 3 is 3.13 bits per heavy atom. The number of ether oxygens (including phenoxy) is 2. The minimum Gasteiger partial charge on any atom is -0.385 e. The standard InChI is InChI=1S/C12H17NO2/c1-14-9-15-12-7-4-8-13-11-6-3-2-5-10(11)12/h2-3,5-6,12-13H,4,7-9H2,1H3/t12-/m1/s1. The highest BCUT2D eigenvalue weighted by Crippen LogP contribution is 2.31. The molecule has 82 valence electrons. The number of fused-ring (bicyclic) bond motifs is 1. The van der Waals surface area contributed by atoms with Crippen molar-refractivity contribution in [1.82, 2.24) is 0 Å². The maximum atomic E-state index is 5.68. The first-order valence-electron chi connectivity index (χ1n) is 5.35. The van der Waals surface area contributed by atoms with Crippen molar-refractivity contribution < 1.29 is 9.47 Å². The summed E-state index contributed by atoms with van der Waals surface area (Å²) in [6.45, 7) is 1.38. The van der Waals surface area contributed by atoms with E-state index in [9.17, 15) is 0 Å². The van der Waals surface area contributed by atoms with E-state index in [0.717, 1.165) is 19.4 Å². The van der Waals surface area contributed by atoms with E-state index in [-0.39, 0.29) is 6.10 Å². The molecule has 0 saturated heterocycles. The summed E-state index contributed by atoms with van der Waals surface area (Å²) in [6, 6.07) is 8.32. The smallest absolute Gasteiger partial charge is 0.147 e. The Morgan fingerprint density at radius 2 is 2.27 bits per heavy atom. The molecule has 1 aliphatic heterocycles. The van der Waals surface area contributed by atoms with Crippen LogP contribution in [0.3, 0.4) is 0 Å². The minimum atomic E-state index is 0.163. The molecule has 0 radical (unpaired) electrons. The molecule has 1 atom stereocenters. The molecule has 0 saturated carbocycles. The summed E-state index contributed by atoms with van der Waals surface area (Å²) in [5, 5.41) is 3.41. The second kappa shape index (κ2) is 5.14. The predicted octanol–water partition coefficient (Wildman–Crippen LogP) is 2.55. The molecule has 3 nitrogen and oxygen atoms in total. The summed E-state index contributed by atoms with van der Waals surface area (Å²) in [7, 11) is 1.65. The molecule has 15 heavy (non-hydrogen) atoms. The molecule has 1 aromatic carbocycles. The van der Waals surface area contributed by atoms with E-state index in [1.807, 2.05) is 6.07 Å². The van der Waals surface area contributed by atoms with E-state index >= 15 is 0 Å². The molecule has 3 heteroatoms. The summed E-state index contributed by atoms with van der Waals surface area (Å²) in [5.74, 6) is 0. The normalized spacial score (nSPS) is 20.2. The van der Waals surface area contributed by atoms with Crippen LogP contribution in [-0.4, -0.2) is 20.4 Å². The molecular weight excluding hydrogens is 190 g/mol. The molecule has 0 aromatic heterocycles. The van der Waals surface area contributed by atoms with Gasteiger partial charge in [-0.05, 0) is 18.9 Å². The highest BCUT2D eigenvalue weighted by molar-refractivity contribution is 5.52. The second-order valence-electron chi connectivity index (χ2n) is 3.72. The van der Waals surface area contributed by atoms with Gasteiger partial charge in [-0.15, -0.1) is 0 Å². The van der Waals surface area contributed by atoms with Crippen LogP contribution in [0.5, 0.6) is 0 Å². The molecule has 2 rings (SSSR count). The molecule has 0 fully saturated rings. The largest absolute Gasteiger partial charge is 0.385 e. The summed E-state index contributed by atoms with van der Waals surface area (Å²) in [4.78, 5) is 0. The summed E-state index contributed by atoms with van der Waals surface area (Å²) in [5.41, 5.74) is 2.43. The van der Waals surface area contributed by atoms with Gasteiger partial charge in [0.05, 0.1) is 6.10 Å². The third-order valence-corrected chi connectivity index (χ3v) is 2.65. The molecule has 1 N–H and O–H groups in total. The lowest BCUT2D eigenvalue weighted by Crippen LogP contribution is -2.06. The lowest BCUT2D eigenvalue weighted by molar-refractivity contribution is -0.0753. The van der Waals surface area contributed by atoms with Crippen LogP contribution in [0.1, 0.15) is 24.5 Å². The van der Waals surface area contributed by atoms with E-state index in [4.69, 9.17) is 9.47 Å². The van der Waals surface area contributed by atoms with Crippen LogP contribution in [0, 0.1) is 0 Å². The molecule has 0 unspecified atom stereocenters. The topological polar surface area (TPSA) is 30.5 Å². The Balaban J connectivity index is 2.17. The molecule has 1 aliphatic rings. The number of nitrogens with one attached hydrogen (secondary N) is 1. The van der Waals surface area contributed by atoms with Gasteiger partial charge in [0.25, 0.3) is 0 Å². The van der Waals surface area contributed by atoms with Crippen molar-refractivity contribution in [3.05, 3.63) is 29.8 Å². The van der Waals surface area contributed by atoms with Crippen LogP contribution >= 0.6 is 0 Å². The van der Waals surface area contributed by atoms with Crippen molar-refractivity contribution in [2.45, 2.75) is 18.9 Å². The minimum absolute atomic E-state index is 0.163. The first kappa shape index (κ1) is 10.5. The summed E-state index contributed by atoms with van der Waals surface area (Å²) < 4.78 is 10.6. The van der Waals surface area contributed by atoms with E-state index in [1.54, 1.807) is 7.11 Å². The van der Waals surface area contributed by atoms with Gasteiger partial charge < -0.3 is 14.8 Å². The van der Waals surface area contributed by atoms with Crippen LogP contribution in [-0.2, 0) is 9.47 Å². The van der Waals surface area contributed by atoms with Gasteiger partial charge in [0, 0.05) is 24.9 Å². The average molecular weight is 207 g/mol. The van der Waals surface area contributed by atoms with Crippen LogP contribution in [0.2, 0.25) is 0 Å². The van der Waals surface area contributed by atoms with E-state index < -0.39 is 0 Å². The first-order chi connectivity index (χ1) is 7.42. The van der Waals surface area contributed by atoms with Gasteiger partial charge in [-0.2, -0.15) is 0 Å². The number of benzene rings is 1. The van der Waals surface area contributed by atoms with Crippen LogP contribution in [0.25, 0.3) is 0 Å². The Bertz CT molecular complexity index is 314. The fraction of sp³-hybridized carbons (Fsp3) is 0.500. The SMILES string of the molecule is COCO[C@@H]1CCCNc2ccccc21. The van der Waals surface area contributed by atoms with E-state index in [2.05, 4.69) is 23.5 Å². The zero-order valence-corrected chi connectivity index (χ0v) is 9.03. The number of hydrogen-bond donors (Lipinski definition) is 1. The quantitative estimate of drug-likeness (QED) is 0.773. The fourth-order valence-electron chi connectivity index (χ4n) is 1.93. The maximum absolute atomic E-state index is 5.68. The van der Waals surface area contributed by atoms with Crippen molar-refractivity contribution in [3.8, 4) is 0 Å².